The first-order chi connectivity index (χ1) is 6.29. The fourth-order valence-corrected chi connectivity index (χ4v) is 1.72. The molecule has 1 aliphatic heterocycles. The lowest BCUT2D eigenvalue weighted by molar-refractivity contribution is -0.104. The Labute approximate surface area is 84.8 Å². The summed E-state index contributed by atoms with van der Waals surface area (Å²) in [7, 11) is 0. The predicted octanol–water partition coefficient (Wildman–Crippen LogP) is 2.46. The smallest absolute Gasteiger partial charge is 0.147 e. The summed E-state index contributed by atoms with van der Waals surface area (Å²) in [5.41, 5.74) is 2.92. The van der Waals surface area contributed by atoms with Crippen LogP contribution in [0.5, 0.6) is 0 Å². The minimum atomic E-state index is 0.623. The van der Waals surface area contributed by atoms with Crippen LogP contribution in [0.3, 0.4) is 0 Å². The first-order valence-corrected chi connectivity index (χ1v) is 4.78. The van der Waals surface area contributed by atoms with Gasteiger partial charge in [0.2, 0.25) is 0 Å². The van der Waals surface area contributed by atoms with Crippen molar-refractivity contribution in [2.75, 3.05) is 11.9 Å². The molecular formula is C10H8BrNO. The van der Waals surface area contributed by atoms with E-state index in [9.17, 15) is 4.79 Å². The summed E-state index contributed by atoms with van der Waals surface area (Å²) in [6.45, 7) is 0.623. The monoisotopic (exact) mass is 237 g/mol. The van der Waals surface area contributed by atoms with Gasteiger partial charge in [0.05, 0.1) is 0 Å². The first kappa shape index (κ1) is 8.51. The number of aldehydes is 1. The summed E-state index contributed by atoms with van der Waals surface area (Å²) in [5.74, 6) is 0. The molecule has 0 unspecified atom stereocenters. The van der Waals surface area contributed by atoms with Crippen LogP contribution in [0.2, 0.25) is 0 Å². The number of halogens is 1. The van der Waals surface area contributed by atoms with Gasteiger partial charge in [-0.25, -0.2) is 0 Å². The topological polar surface area (TPSA) is 29.1 Å². The molecule has 0 amide bonds. The zero-order chi connectivity index (χ0) is 9.26. The molecule has 3 heteroatoms. The molecule has 0 fully saturated rings. The maximum atomic E-state index is 10.5. The van der Waals surface area contributed by atoms with Crippen molar-refractivity contribution >= 4 is 34.0 Å². The number of carbonyl (C=O) groups excluding carboxylic acids is 1. The minimum absolute atomic E-state index is 0.623. The summed E-state index contributed by atoms with van der Waals surface area (Å²) in [6.07, 6.45) is 2.79. The molecule has 13 heavy (non-hydrogen) atoms. The van der Waals surface area contributed by atoms with Crippen molar-refractivity contribution in [1.82, 2.24) is 0 Å². The maximum Gasteiger partial charge on any atom is 0.147 e. The van der Waals surface area contributed by atoms with Gasteiger partial charge in [0, 0.05) is 22.3 Å². The van der Waals surface area contributed by atoms with Crippen molar-refractivity contribution in [3.05, 3.63) is 33.8 Å². The van der Waals surface area contributed by atoms with Crippen LogP contribution in [0.4, 0.5) is 5.69 Å². The normalized spacial score (nSPS) is 14.1. The number of anilines is 1. The molecule has 1 heterocycles. The SMILES string of the molecule is O=CC1=Cc2cc(Br)ccc2NC1. The van der Waals surface area contributed by atoms with Gasteiger partial charge in [0.15, 0.2) is 0 Å². The Morgan fingerprint density at radius 3 is 3.08 bits per heavy atom. The molecule has 0 atom stereocenters. The van der Waals surface area contributed by atoms with Crippen molar-refractivity contribution in [2.24, 2.45) is 0 Å². The Hall–Kier alpha value is -1.09. The zero-order valence-electron chi connectivity index (χ0n) is 6.88. The largest absolute Gasteiger partial charge is 0.380 e. The zero-order valence-corrected chi connectivity index (χ0v) is 8.47. The highest BCUT2D eigenvalue weighted by atomic mass is 79.9. The third-order valence-electron chi connectivity index (χ3n) is 1.99. The van der Waals surface area contributed by atoms with Crippen LogP contribution < -0.4 is 5.32 Å². The summed E-state index contributed by atoms with van der Waals surface area (Å²) in [4.78, 5) is 10.5. The second kappa shape index (κ2) is 3.34. The molecule has 2 nitrogen and oxygen atoms in total. The summed E-state index contributed by atoms with van der Waals surface area (Å²) < 4.78 is 1.02. The van der Waals surface area contributed by atoms with Crippen molar-refractivity contribution in [1.29, 1.82) is 0 Å². The second-order valence-electron chi connectivity index (χ2n) is 2.92. The van der Waals surface area contributed by atoms with E-state index in [1.165, 1.54) is 0 Å². The molecule has 0 saturated heterocycles. The molecule has 0 spiro atoms. The quantitative estimate of drug-likeness (QED) is 0.761. The van der Waals surface area contributed by atoms with Crippen LogP contribution >= 0.6 is 15.9 Å². The number of fused-ring (bicyclic) bond motifs is 1. The van der Waals surface area contributed by atoms with E-state index in [4.69, 9.17) is 0 Å². The summed E-state index contributed by atoms with van der Waals surface area (Å²) in [5, 5.41) is 3.17. The van der Waals surface area contributed by atoms with Crippen molar-refractivity contribution < 1.29 is 4.79 Å². The number of nitrogens with one attached hydrogen (secondary N) is 1. The van der Waals surface area contributed by atoms with Crippen LogP contribution in [0.1, 0.15) is 5.56 Å². The standard InChI is InChI=1S/C10H8BrNO/c11-9-1-2-10-8(4-9)3-7(6-13)5-12-10/h1-4,6,12H,5H2. The molecule has 1 aromatic rings. The first-order valence-electron chi connectivity index (χ1n) is 3.99. The van der Waals surface area contributed by atoms with Gasteiger partial charge in [-0.3, -0.25) is 4.79 Å². The van der Waals surface area contributed by atoms with Gasteiger partial charge in [0.25, 0.3) is 0 Å². The fraction of sp³-hybridized carbons (Fsp3) is 0.100. The molecule has 2 rings (SSSR count). The lowest BCUT2D eigenvalue weighted by atomic mass is 10.1. The highest BCUT2D eigenvalue weighted by Crippen LogP contribution is 2.26. The third kappa shape index (κ3) is 1.65. The van der Waals surface area contributed by atoms with Crippen LogP contribution in [-0.2, 0) is 4.79 Å². The lowest BCUT2D eigenvalue weighted by Gasteiger charge is -2.15. The molecule has 0 radical (unpaired) electrons. The summed E-state index contributed by atoms with van der Waals surface area (Å²) >= 11 is 3.39. The van der Waals surface area contributed by atoms with E-state index in [1.54, 1.807) is 0 Å². The molecule has 1 N–H and O–H groups in total. The summed E-state index contributed by atoms with van der Waals surface area (Å²) in [6, 6.07) is 5.97. The highest BCUT2D eigenvalue weighted by molar-refractivity contribution is 9.10. The Morgan fingerprint density at radius 1 is 1.46 bits per heavy atom. The number of hydrogen-bond acceptors (Lipinski definition) is 2. The molecule has 0 aliphatic carbocycles. The Morgan fingerprint density at radius 2 is 2.31 bits per heavy atom. The van der Waals surface area contributed by atoms with Gasteiger partial charge in [-0.15, -0.1) is 0 Å². The minimum Gasteiger partial charge on any atom is -0.380 e. The lowest BCUT2D eigenvalue weighted by Crippen LogP contribution is -2.10. The highest BCUT2D eigenvalue weighted by Gasteiger charge is 2.08. The van der Waals surface area contributed by atoms with Gasteiger partial charge < -0.3 is 5.32 Å². The number of hydrogen-bond donors (Lipinski definition) is 1. The third-order valence-corrected chi connectivity index (χ3v) is 2.48. The Balaban J connectivity index is 2.49. The average molecular weight is 238 g/mol. The predicted molar refractivity (Wildman–Crippen MR) is 56.7 cm³/mol. The van der Waals surface area contributed by atoms with E-state index in [2.05, 4.69) is 21.2 Å². The number of rotatable bonds is 1. The van der Waals surface area contributed by atoms with Gasteiger partial charge in [-0.2, -0.15) is 0 Å². The Kier molecular flexibility index (Phi) is 2.19. The maximum absolute atomic E-state index is 10.5. The van der Waals surface area contributed by atoms with E-state index < -0.39 is 0 Å². The van der Waals surface area contributed by atoms with Crippen molar-refractivity contribution in [2.45, 2.75) is 0 Å². The van der Waals surface area contributed by atoms with E-state index >= 15 is 0 Å². The van der Waals surface area contributed by atoms with Gasteiger partial charge in [0.1, 0.15) is 6.29 Å². The molecule has 66 valence electrons. The molecule has 0 saturated carbocycles. The van der Waals surface area contributed by atoms with Crippen molar-refractivity contribution in [3.8, 4) is 0 Å². The van der Waals surface area contributed by atoms with E-state index in [1.807, 2.05) is 24.3 Å². The Bertz CT molecular complexity index is 385. The van der Waals surface area contributed by atoms with Crippen LogP contribution in [-0.4, -0.2) is 12.8 Å². The van der Waals surface area contributed by atoms with Gasteiger partial charge in [-0.05, 0) is 29.8 Å². The average Bonchev–Trinajstić information content (AvgIpc) is 2.16. The molecule has 1 aliphatic rings. The van der Waals surface area contributed by atoms with E-state index in [0.717, 1.165) is 27.6 Å². The number of benzene rings is 1. The van der Waals surface area contributed by atoms with Crippen molar-refractivity contribution in [3.63, 3.8) is 0 Å². The number of carbonyl (C=O) groups is 1. The molecule has 1 aromatic carbocycles. The van der Waals surface area contributed by atoms with Crippen LogP contribution in [0.25, 0.3) is 6.08 Å². The van der Waals surface area contributed by atoms with Crippen LogP contribution in [0, 0.1) is 0 Å². The van der Waals surface area contributed by atoms with E-state index in [0.29, 0.717) is 6.54 Å². The molecular weight excluding hydrogens is 230 g/mol. The molecule has 0 bridgehead atoms. The van der Waals surface area contributed by atoms with E-state index in [-0.39, 0.29) is 0 Å². The van der Waals surface area contributed by atoms with Gasteiger partial charge >= 0.3 is 0 Å². The molecule has 0 aromatic heterocycles. The van der Waals surface area contributed by atoms with Gasteiger partial charge in [-0.1, -0.05) is 15.9 Å². The second-order valence-corrected chi connectivity index (χ2v) is 3.84. The van der Waals surface area contributed by atoms with Crippen LogP contribution in [0.15, 0.2) is 28.2 Å². The fourth-order valence-electron chi connectivity index (χ4n) is 1.34.